The van der Waals surface area contributed by atoms with Crippen LogP contribution >= 0.6 is 15.9 Å². The summed E-state index contributed by atoms with van der Waals surface area (Å²) >= 11 is 3.65. The molecule has 1 aromatic heterocycles. The molecular weight excluding hydrogens is 428 g/mol. The maximum absolute atomic E-state index is 6.36. The fourth-order valence-electron chi connectivity index (χ4n) is 3.70. The standard InChI is InChI=1S/C23H35BrN2OSi/c1-17-16-26(13-14-27-28(5,6)23(2,3)4)25-22(17)21(18-9-7-10-18)19-11-8-12-20(24)15-19/h8,11-12,15-16,18,21H,7,9-10,13-14H2,1-6H3. The highest BCUT2D eigenvalue weighted by molar-refractivity contribution is 9.10. The Kier molecular flexibility index (Phi) is 6.57. The third kappa shape index (κ3) is 4.80. The van der Waals surface area contributed by atoms with Gasteiger partial charge in [0.25, 0.3) is 0 Å². The van der Waals surface area contributed by atoms with E-state index in [9.17, 15) is 0 Å². The molecule has 2 aromatic rings. The summed E-state index contributed by atoms with van der Waals surface area (Å²) in [7, 11) is -1.71. The lowest BCUT2D eigenvalue weighted by atomic mass is 9.71. The topological polar surface area (TPSA) is 27.1 Å². The molecule has 5 heteroatoms. The highest BCUT2D eigenvalue weighted by Crippen LogP contribution is 2.44. The van der Waals surface area contributed by atoms with Gasteiger partial charge >= 0.3 is 0 Å². The fourth-order valence-corrected chi connectivity index (χ4v) is 5.15. The van der Waals surface area contributed by atoms with Crippen LogP contribution in [0.1, 0.15) is 62.8 Å². The average Bonchev–Trinajstić information content (AvgIpc) is 2.89. The summed E-state index contributed by atoms with van der Waals surface area (Å²) in [4.78, 5) is 0. The van der Waals surface area contributed by atoms with Crippen molar-refractivity contribution in [1.29, 1.82) is 0 Å². The molecule has 0 radical (unpaired) electrons. The molecule has 1 saturated carbocycles. The van der Waals surface area contributed by atoms with Gasteiger partial charge in [0.2, 0.25) is 0 Å². The van der Waals surface area contributed by atoms with Crippen LogP contribution in [0, 0.1) is 12.8 Å². The van der Waals surface area contributed by atoms with Gasteiger partial charge in [-0.1, -0.05) is 55.3 Å². The number of rotatable bonds is 7. The van der Waals surface area contributed by atoms with Crippen LogP contribution in [-0.4, -0.2) is 24.7 Å². The van der Waals surface area contributed by atoms with Crippen LogP contribution in [0.5, 0.6) is 0 Å². The van der Waals surface area contributed by atoms with E-state index in [4.69, 9.17) is 9.52 Å². The molecule has 1 fully saturated rings. The second-order valence-corrected chi connectivity index (χ2v) is 15.5. The van der Waals surface area contributed by atoms with Gasteiger partial charge in [0.15, 0.2) is 8.32 Å². The molecule has 0 amide bonds. The van der Waals surface area contributed by atoms with Gasteiger partial charge in [-0.2, -0.15) is 5.10 Å². The van der Waals surface area contributed by atoms with E-state index < -0.39 is 8.32 Å². The van der Waals surface area contributed by atoms with Crippen LogP contribution in [-0.2, 0) is 11.0 Å². The Bertz CT molecular complexity index is 805. The maximum Gasteiger partial charge on any atom is 0.192 e. The van der Waals surface area contributed by atoms with Crippen molar-refractivity contribution < 1.29 is 4.43 Å². The SMILES string of the molecule is Cc1cn(CCO[Si](C)(C)C(C)(C)C)nc1C(c1cccc(Br)c1)C1CCC1. The highest BCUT2D eigenvalue weighted by atomic mass is 79.9. The second kappa shape index (κ2) is 8.45. The highest BCUT2D eigenvalue weighted by Gasteiger charge is 2.37. The van der Waals surface area contributed by atoms with Crippen LogP contribution < -0.4 is 0 Å². The summed E-state index contributed by atoms with van der Waals surface area (Å²) in [6.45, 7) is 15.3. The van der Waals surface area contributed by atoms with Gasteiger partial charge in [-0.15, -0.1) is 0 Å². The Morgan fingerprint density at radius 1 is 1.29 bits per heavy atom. The Morgan fingerprint density at radius 3 is 2.57 bits per heavy atom. The first-order valence-corrected chi connectivity index (χ1v) is 14.2. The molecular formula is C23H35BrN2OSi. The monoisotopic (exact) mass is 462 g/mol. The molecule has 1 unspecified atom stereocenters. The van der Waals surface area contributed by atoms with Crippen molar-refractivity contribution in [1.82, 2.24) is 9.78 Å². The van der Waals surface area contributed by atoms with E-state index >= 15 is 0 Å². The number of nitrogens with zero attached hydrogens (tertiary/aromatic N) is 2. The third-order valence-electron chi connectivity index (χ3n) is 6.70. The van der Waals surface area contributed by atoms with Gasteiger partial charge in [-0.3, -0.25) is 4.68 Å². The molecule has 1 heterocycles. The van der Waals surface area contributed by atoms with E-state index in [1.165, 1.54) is 36.1 Å². The Hall–Kier alpha value is -0.913. The summed E-state index contributed by atoms with van der Waals surface area (Å²) in [5.41, 5.74) is 3.92. The molecule has 0 N–H and O–H groups in total. The van der Waals surface area contributed by atoms with Crippen molar-refractivity contribution in [3.63, 3.8) is 0 Å². The first-order valence-electron chi connectivity index (χ1n) is 10.5. The molecule has 0 bridgehead atoms. The minimum absolute atomic E-state index is 0.244. The Labute approximate surface area is 180 Å². The predicted molar refractivity (Wildman–Crippen MR) is 123 cm³/mol. The summed E-state index contributed by atoms with van der Waals surface area (Å²) in [5.74, 6) is 1.11. The molecule has 3 rings (SSSR count). The normalized spacial score (nSPS) is 16.8. The molecule has 1 aliphatic rings. The minimum Gasteiger partial charge on any atom is -0.415 e. The lowest BCUT2D eigenvalue weighted by Crippen LogP contribution is -2.41. The van der Waals surface area contributed by atoms with E-state index in [0.717, 1.165) is 17.6 Å². The smallest absolute Gasteiger partial charge is 0.192 e. The quantitative estimate of drug-likeness (QED) is 0.417. The molecule has 0 aliphatic heterocycles. The largest absolute Gasteiger partial charge is 0.415 e. The number of hydrogen-bond acceptors (Lipinski definition) is 2. The Morgan fingerprint density at radius 2 is 2.00 bits per heavy atom. The number of aryl methyl sites for hydroxylation is 1. The summed E-state index contributed by atoms with van der Waals surface area (Å²) in [5, 5.41) is 5.28. The van der Waals surface area contributed by atoms with Crippen LogP contribution in [0.25, 0.3) is 0 Å². The van der Waals surface area contributed by atoms with Crippen LogP contribution in [0.4, 0.5) is 0 Å². The van der Waals surface area contributed by atoms with Crippen LogP contribution in [0.15, 0.2) is 34.9 Å². The number of benzene rings is 1. The van der Waals surface area contributed by atoms with Crippen molar-refractivity contribution >= 4 is 24.2 Å². The van der Waals surface area contributed by atoms with Gasteiger partial charge in [-0.25, -0.2) is 0 Å². The van der Waals surface area contributed by atoms with Crippen LogP contribution in [0.2, 0.25) is 18.1 Å². The molecule has 0 spiro atoms. The summed E-state index contributed by atoms with van der Waals surface area (Å²) < 4.78 is 9.61. The molecule has 28 heavy (non-hydrogen) atoms. The summed E-state index contributed by atoms with van der Waals surface area (Å²) in [6, 6.07) is 8.77. The molecule has 1 aromatic carbocycles. The zero-order chi connectivity index (χ0) is 20.5. The lowest BCUT2D eigenvalue weighted by Gasteiger charge is -2.36. The second-order valence-electron chi connectivity index (χ2n) is 9.79. The predicted octanol–water partition coefficient (Wildman–Crippen LogP) is 6.91. The molecule has 154 valence electrons. The van der Waals surface area contributed by atoms with Crippen molar-refractivity contribution in [2.24, 2.45) is 5.92 Å². The zero-order valence-corrected chi connectivity index (χ0v) is 20.8. The van der Waals surface area contributed by atoms with Crippen molar-refractivity contribution in [3.8, 4) is 0 Å². The van der Waals surface area contributed by atoms with E-state index in [0.29, 0.717) is 11.8 Å². The number of halogens is 1. The average molecular weight is 464 g/mol. The Balaban J connectivity index is 1.76. The minimum atomic E-state index is -1.71. The van der Waals surface area contributed by atoms with Gasteiger partial charge in [0.05, 0.1) is 18.8 Å². The summed E-state index contributed by atoms with van der Waals surface area (Å²) in [6.07, 6.45) is 6.15. The fraction of sp³-hybridized carbons (Fsp3) is 0.609. The molecule has 3 nitrogen and oxygen atoms in total. The van der Waals surface area contributed by atoms with E-state index in [-0.39, 0.29) is 5.04 Å². The molecule has 1 atom stereocenters. The van der Waals surface area contributed by atoms with Gasteiger partial charge in [0.1, 0.15) is 0 Å². The lowest BCUT2D eigenvalue weighted by molar-refractivity contribution is 0.262. The van der Waals surface area contributed by atoms with Gasteiger partial charge < -0.3 is 4.43 Å². The number of aromatic nitrogens is 2. The van der Waals surface area contributed by atoms with E-state index in [1.54, 1.807) is 0 Å². The maximum atomic E-state index is 6.36. The molecule has 1 aliphatic carbocycles. The zero-order valence-electron chi connectivity index (χ0n) is 18.3. The van der Waals surface area contributed by atoms with E-state index in [2.05, 4.69) is 91.9 Å². The van der Waals surface area contributed by atoms with Gasteiger partial charge in [0, 0.05) is 16.6 Å². The van der Waals surface area contributed by atoms with Crippen molar-refractivity contribution in [2.75, 3.05) is 6.61 Å². The third-order valence-corrected chi connectivity index (χ3v) is 11.7. The van der Waals surface area contributed by atoms with Gasteiger partial charge in [-0.05, 0) is 67.1 Å². The van der Waals surface area contributed by atoms with E-state index in [1.807, 2.05) is 0 Å². The first kappa shape index (κ1) is 21.8. The first-order chi connectivity index (χ1) is 13.1. The van der Waals surface area contributed by atoms with Crippen LogP contribution in [0.3, 0.4) is 0 Å². The number of hydrogen-bond donors (Lipinski definition) is 0. The van der Waals surface area contributed by atoms with Crippen molar-refractivity contribution in [2.45, 2.75) is 77.6 Å². The van der Waals surface area contributed by atoms with Crippen molar-refractivity contribution in [3.05, 3.63) is 51.8 Å². The molecule has 0 saturated heterocycles.